The van der Waals surface area contributed by atoms with Crippen molar-refractivity contribution in [2.24, 2.45) is 0 Å². The highest BCUT2D eigenvalue weighted by Crippen LogP contribution is 2.20. The van der Waals surface area contributed by atoms with Crippen molar-refractivity contribution in [3.8, 4) is 0 Å². The van der Waals surface area contributed by atoms with Crippen LogP contribution in [-0.2, 0) is 14.3 Å². The lowest BCUT2D eigenvalue weighted by atomic mass is 10.0. The molecule has 2 unspecified atom stereocenters. The van der Waals surface area contributed by atoms with Crippen LogP contribution in [0.15, 0.2) is 36.5 Å². The minimum absolute atomic E-state index is 0.0160. The standard InChI is InChI=1S/C85H163NO5/c1-3-5-7-9-11-13-15-17-19-21-22-23-24-36-39-42-46-49-53-57-61-65-69-73-77-83(88)82(81-87)86-84(89)78-74-70-66-62-58-54-50-47-43-40-37-34-32-30-28-26-25-27-29-31-33-35-38-41-44-48-52-56-60-64-68-72-76-80-91-85(90)79-75-71-67-63-59-55-51-45-20-18-16-14-12-10-8-6-4-2/h18,20,29,31,73,77,82-83,87-88H,3-17,19,21-28,30,32-72,74-76,78-81H2,1-2H3,(H,86,89)/b20-18-,31-29-,77-73+. The van der Waals surface area contributed by atoms with Crippen LogP contribution < -0.4 is 5.32 Å². The summed E-state index contributed by atoms with van der Waals surface area (Å²) in [5.74, 6) is -0.0436. The van der Waals surface area contributed by atoms with Gasteiger partial charge >= 0.3 is 5.97 Å². The van der Waals surface area contributed by atoms with Gasteiger partial charge in [0.2, 0.25) is 5.91 Å². The molecule has 0 bridgehead atoms. The van der Waals surface area contributed by atoms with Crippen LogP contribution in [-0.4, -0.2) is 47.4 Å². The summed E-state index contributed by atoms with van der Waals surface area (Å²) in [5, 5.41) is 23.3. The Labute approximate surface area is 570 Å². The van der Waals surface area contributed by atoms with Crippen LogP contribution in [0.5, 0.6) is 0 Å². The molecule has 0 aliphatic carbocycles. The van der Waals surface area contributed by atoms with Gasteiger partial charge in [-0.1, -0.05) is 410 Å². The Kier molecular flexibility index (Phi) is 78.8. The molecule has 0 radical (unpaired) electrons. The molecule has 6 nitrogen and oxygen atoms in total. The van der Waals surface area contributed by atoms with E-state index in [1.165, 1.54) is 398 Å². The monoisotopic (exact) mass is 1280 g/mol. The third-order valence-electron chi connectivity index (χ3n) is 19.6. The van der Waals surface area contributed by atoms with Crippen molar-refractivity contribution in [2.45, 2.75) is 482 Å². The van der Waals surface area contributed by atoms with E-state index < -0.39 is 12.1 Å². The molecule has 0 fully saturated rings. The molecule has 538 valence electrons. The first-order valence-corrected chi connectivity index (χ1v) is 41.8. The normalized spacial score (nSPS) is 12.6. The van der Waals surface area contributed by atoms with Gasteiger partial charge in [0.25, 0.3) is 0 Å². The summed E-state index contributed by atoms with van der Waals surface area (Å²) in [4.78, 5) is 24.7. The number of unbranched alkanes of at least 4 members (excludes halogenated alkanes) is 64. The van der Waals surface area contributed by atoms with Gasteiger partial charge in [-0.25, -0.2) is 0 Å². The molecule has 0 aromatic heterocycles. The quantitative estimate of drug-likeness (QED) is 0.0320. The zero-order chi connectivity index (χ0) is 65.6. The highest BCUT2D eigenvalue weighted by molar-refractivity contribution is 5.76. The molecule has 0 aliphatic rings. The summed E-state index contributed by atoms with van der Waals surface area (Å²) in [6, 6.07) is -0.627. The molecule has 0 aliphatic heterocycles. The van der Waals surface area contributed by atoms with E-state index in [4.69, 9.17) is 4.74 Å². The first-order valence-electron chi connectivity index (χ1n) is 41.8. The number of rotatable bonds is 79. The molecule has 6 heteroatoms. The third-order valence-corrected chi connectivity index (χ3v) is 19.6. The van der Waals surface area contributed by atoms with Crippen molar-refractivity contribution in [2.75, 3.05) is 13.2 Å². The van der Waals surface area contributed by atoms with Crippen molar-refractivity contribution >= 4 is 11.9 Å². The van der Waals surface area contributed by atoms with Crippen molar-refractivity contribution < 1.29 is 24.5 Å². The van der Waals surface area contributed by atoms with Crippen LogP contribution >= 0.6 is 0 Å². The molecular formula is C85H163NO5. The van der Waals surface area contributed by atoms with Crippen LogP contribution in [0.25, 0.3) is 0 Å². The van der Waals surface area contributed by atoms with E-state index in [0.717, 1.165) is 44.9 Å². The van der Waals surface area contributed by atoms with E-state index in [1.807, 2.05) is 6.08 Å². The van der Waals surface area contributed by atoms with Gasteiger partial charge in [0.05, 0.1) is 25.4 Å². The van der Waals surface area contributed by atoms with Gasteiger partial charge in [-0.2, -0.15) is 0 Å². The molecule has 91 heavy (non-hydrogen) atoms. The molecule has 0 saturated carbocycles. The zero-order valence-corrected chi connectivity index (χ0v) is 61.9. The molecule has 0 spiro atoms. The first kappa shape index (κ1) is 89.1. The van der Waals surface area contributed by atoms with Crippen LogP contribution in [0.2, 0.25) is 0 Å². The molecule has 0 aromatic carbocycles. The van der Waals surface area contributed by atoms with E-state index in [2.05, 4.69) is 43.5 Å². The number of allylic oxidation sites excluding steroid dienone is 5. The summed E-state index contributed by atoms with van der Waals surface area (Å²) in [7, 11) is 0. The number of ether oxygens (including phenoxy) is 1. The third kappa shape index (κ3) is 77.0. The van der Waals surface area contributed by atoms with Crippen molar-refractivity contribution in [3.05, 3.63) is 36.5 Å². The second-order valence-corrected chi connectivity index (χ2v) is 28.8. The molecule has 0 saturated heterocycles. The minimum atomic E-state index is -0.844. The molecular weight excluding hydrogens is 1110 g/mol. The maximum atomic E-state index is 12.6. The Morgan fingerprint density at radius 3 is 0.780 bits per heavy atom. The summed E-state index contributed by atoms with van der Waals surface area (Å²) in [6.07, 6.45) is 106. The number of nitrogens with one attached hydrogen (secondary N) is 1. The number of carbonyl (C=O) groups is 2. The number of esters is 1. The van der Waals surface area contributed by atoms with Crippen LogP contribution in [0.3, 0.4) is 0 Å². The molecule has 2 atom stereocenters. The molecule has 0 aromatic rings. The van der Waals surface area contributed by atoms with Crippen molar-refractivity contribution in [1.29, 1.82) is 0 Å². The van der Waals surface area contributed by atoms with Gasteiger partial charge in [-0.05, 0) is 83.5 Å². The van der Waals surface area contributed by atoms with E-state index in [9.17, 15) is 19.8 Å². The SMILES string of the molecule is CCCCCCCC/C=C\CCCCCCCCCC(=O)OCCCCCCCCCCCCCC/C=C\CCCCCCCCCCCCCCCCCCCC(=O)NC(CO)C(O)/C=C/CCCCCCCCCCCCCCCCCCCCCCCC. The highest BCUT2D eigenvalue weighted by atomic mass is 16.5. The van der Waals surface area contributed by atoms with Gasteiger partial charge in [-0.3, -0.25) is 9.59 Å². The summed E-state index contributed by atoms with van der Waals surface area (Å²) in [5.41, 5.74) is 0. The number of hydrogen-bond donors (Lipinski definition) is 3. The second kappa shape index (κ2) is 80.5. The van der Waals surface area contributed by atoms with Gasteiger partial charge in [0.15, 0.2) is 0 Å². The Hall–Kier alpha value is -1.92. The van der Waals surface area contributed by atoms with Gasteiger partial charge in [0.1, 0.15) is 0 Å². The van der Waals surface area contributed by atoms with Crippen molar-refractivity contribution in [3.63, 3.8) is 0 Å². The lowest BCUT2D eigenvalue weighted by Gasteiger charge is -2.20. The average molecular weight is 1280 g/mol. The summed E-state index contributed by atoms with van der Waals surface area (Å²) >= 11 is 0. The molecule has 1 amide bonds. The maximum absolute atomic E-state index is 12.6. The summed E-state index contributed by atoms with van der Waals surface area (Å²) < 4.78 is 5.51. The van der Waals surface area contributed by atoms with E-state index in [-0.39, 0.29) is 18.5 Å². The zero-order valence-electron chi connectivity index (χ0n) is 61.9. The average Bonchev–Trinajstić information content (AvgIpc) is 3.73. The van der Waals surface area contributed by atoms with E-state index >= 15 is 0 Å². The van der Waals surface area contributed by atoms with E-state index in [1.54, 1.807) is 6.08 Å². The molecule has 3 N–H and O–H groups in total. The number of amides is 1. The van der Waals surface area contributed by atoms with Crippen LogP contribution in [0.1, 0.15) is 470 Å². The molecule has 0 rings (SSSR count). The number of carbonyl (C=O) groups excluding carboxylic acids is 2. The largest absolute Gasteiger partial charge is 0.466 e. The predicted octanol–water partition coefficient (Wildman–Crippen LogP) is 27.8. The number of aliphatic hydroxyl groups excluding tert-OH is 2. The smallest absolute Gasteiger partial charge is 0.305 e. The van der Waals surface area contributed by atoms with Gasteiger partial charge in [0, 0.05) is 12.8 Å². The fourth-order valence-corrected chi connectivity index (χ4v) is 13.3. The lowest BCUT2D eigenvalue weighted by molar-refractivity contribution is -0.143. The lowest BCUT2D eigenvalue weighted by Crippen LogP contribution is -2.45. The number of hydrogen-bond acceptors (Lipinski definition) is 5. The summed E-state index contributed by atoms with van der Waals surface area (Å²) in [6.45, 7) is 4.95. The maximum Gasteiger partial charge on any atom is 0.305 e. The van der Waals surface area contributed by atoms with Gasteiger partial charge in [-0.15, -0.1) is 0 Å². The fourth-order valence-electron chi connectivity index (χ4n) is 13.3. The predicted molar refractivity (Wildman–Crippen MR) is 403 cm³/mol. The van der Waals surface area contributed by atoms with Crippen LogP contribution in [0, 0.1) is 0 Å². The number of aliphatic hydroxyl groups is 2. The first-order chi connectivity index (χ1) is 45.0. The molecule has 0 heterocycles. The second-order valence-electron chi connectivity index (χ2n) is 28.8. The van der Waals surface area contributed by atoms with Crippen LogP contribution in [0.4, 0.5) is 0 Å². The Morgan fingerprint density at radius 1 is 0.297 bits per heavy atom. The van der Waals surface area contributed by atoms with Crippen molar-refractivity contribution in [1.82, 2.24) is 5.32 Å². The Balaban J connectivity index is 3.37. The minimum Gasteiger partial charge on any atom is -0.466 e. The van der Waals surface area contributed by atoms with E-state index in [0.29, 0.717) is 19.4 Å². The fraction of sp³-hybridized carbons (Fsp3) is 0.906. The highest BCUT2D eigenvalue weighted by Gasteiger charge is 2.18. The topological polar surface area (TPSA) is 95.9 Å². The Bertz CT molecular complexity index is 1470. The Morgan fingerprint density at radius 2 is 0.516 bits per heavy atom. The van der Waals surface area contributed by atoms with Gasteiger partial charge < -0.3 is 20.3 Å².